The summed E-state index contributed by atoms with van der Waals surface area (Å²) >= 11 is 0. The van der Waals surface area contributed by atoms with Crippen molar-refractivity contribution < 1.29 is 0 Å². The third-order valence-electron chi connectivity index (χ3n) is 9.36. The standard InChI is InChI=1S/C38H50N4/c1-7-9-11-13-15-29-17-23-35-33(25-29)39-27-41(35)37(3,4)31-19-21-32(22-20-31)38(5,6)42-28-40-34-26-30(18-24-36(34)42)16-14-12-10-8-2/h17-28H,7-16H2,1-6H3. The van der Waals surface area contributed by atoms with Gasteiger partial charge in [-0.2, -0.15) is 0 Å². The van der Waals surface area contributed by atoms with E-state index >= 15 is 0 Å². The molecule has 2 aromatic heterocycles. The number of nitrogens with zero attached hydrogens (tertiary/aromatic N) is 4. The lowest BCUT2D eigenvalue weighted by Gasteiger charge is -2.31. The fraction of sp³-hybridized carbons (Fsp3) is 0.474. The molecule has 0 radical (unpaired) electrons. The zero-order valence-electron chi connectivity index (χ0n) is 26.8. The summed E-state index contributed by atoms with van der Waals surface area (Å²) in [7, 11) is 0. The molecule has 4 nitrogen and oxygen atoms in total. The third kappa shape index (κ3) is 6.19. The molecule has 0 saturated carbocycles. The molecule has 0 fully saturated rings. The number of aryl methyl sites for hydroxylation is 2. The molecular weight excluding hydrogens is 512 g/mol. The number of aromatic nitrogens is 4. The predicted octanol–water partition coefficient (Wildman–Crippen LogP) is 10.2. The molecule has 0 N–H and O–H groups in total. The van der Waals surface area contributed by atoms with Crippen molar-refractivity contribution in [2.45, 2.75) is 117 Å². The van der Waals surface area contributed by atoms with Gasteiger partial charge in [0, 0.05) is 0 Å². The molecule has 0 spiro atoms. The van der Waals surface area contributed by atoms with Crippen molar-refractivity contribution in [3.05, 3.63) is 95.6 Å². The van der Waals surface area contributed by atoms with Crippen molar-refractivity contribution in [1.29, 1.82) is 0 Å². The van der Waals surface area contributed by atoms with E-state index in [1.807, 2.05) is 12.7 Å². The molecule has 42 heavy (non-hydrogen) atoms. The van der Waals surface area contributed by atoms with Crippen LogP contribution >= 0.6 is 0 Å². The topological polar surface area (TPSA) is 35.6 Å². The molecule has 0 aliphatic carbocycles. The van der Waals surface area contributed by atoms with Crippen LogP contribution in [0.3, 0.4) is 0 Å². The highest BCUT2D eigenvalue weighted by molar-refractivity contribution is 5.77. The Kier molecular flexibility index (Phi) is 9.20. The van der Waals surface area contributed by atoms with Crippen LogP contribution in [-0.4, -0.2) is 19.1 Å². The van der Waals surface area contributed by atoms with Gasteiger partial charge in [0.15, 0.2) is 0 Å². The number of hydrogen-bond donors (Lipinski definition) is 0. The minimum absolute atomic E-state index is 0.227. The normalized spacial score (nSPS) is 12.5. The molecule has 0 aliphatic rings. The van der Waals surface area contributed by atoms with Crippen LogP contribution in [0.15, 0.2) is 73.3 Å². The number of hydrogen-bond acceptors (Lipinski definition) is 2. The summed E-state index contributed by atoms with van der Waals surface area (Å²) in [5, 5.41) is 0. The van der Waals surface area contributed by atoms with Crippen LogP contribution in [0.4, 0.5) is 0 Å². The maximum atomic E-state index is 4.82. The number of unbranched alkanes of at least 4 members (excludes halogenated alkanes) is 6. The predicted molar refractivity (Wildman–Crippen MR) is 178 cm³/mol. The van der Waals surface area contributed by atoms with E-state index in [1.54, 1.807) is 0 Å². The van der Waals surface area contributed by atoms with Gasteiger partial charge in [-0.25, -0.2) is 9.97 Å². The van der Waals surface area contributed by atoms with E-state index in [0.717, 1.165) is 23.9 Å². The van der Waals surface area contributed by atoms with Crippen LogP contribution in [-0.2, 0) is 23.9 Å². The average molecular weight is 563 g/mol. The fourth-order valence-electron chi connectivity index (χ4n) is 6.39. The summed E-state index contributed by atoms with van der Waals surface area (Å²) in [6, 6.07) is 22.8. The second-order valence-electron chi connectivity index (χ2n) is 13.2. The van der Waals surface area contributed by atoms with Gasteiger partial charge in [0.05, 0.1) is 45.8 Å². The zero-order valence-corrected chi connectivity index (χ0v) is 26.8. The first-order chi connectivity index (χ1) is 20.3. The second kappa shape index (κ2) is 12.9. The second-order valence-corrected chi connectivity index (χ2v) is 13.2. The first kappa shape index (κ1) is 30.1. The van der Waals surface area contributed by atoms with Gasteiger partial charge >= 0.3 is 0 Å². The van der Waals surface area contributed by atoms with Gasteiger partial charge in [-0.3, -0.25) is 0 Å². The van der Waals surface area contributed by atoms with E-state index in [2.05, 4.69) is 111 Å². The molecule has 0 aliphatic heterocycles. The highest BCUT2D eigenvalue weighted by Crippen LogP contribution is 2.34. The quantitative estimate of drug-likeness (QED) is 0.126. The monoisotopic (exact) mass is 562 g/mol. The first-order valence-corrected chi connectivity index (χ1v) is 16.3. The van der Waals surface area contributed by atoms with Crippen LogP contribution in [0.5, 0.6) is 0 Å². The lowest BCUT2D eigenvalue weighted by atomic mass is 9.88. The Hall–Kier alpha value is -3.40. The molecule has 222 valence electrons. The summed E-state index contributed by atoms with van der Waals surface area (Å²) in [5.74, 6) is 0. The summed E-state index contributed by atoms with van der Waals surface area (Å²) in [6.07, 6.45) is 16.6. The van der Waals surface area contributed by atoms with E-state index in [-0.39, 0.29) is 11.1 Å². The number of rotatable bonds is 14. The van der Waals surface area contributed by atoms with Crippen molar-refractivity contribution in [2.24, 2.45) is 0 Å². The summed E-state index contributed by atoms with van der Waals surface area (Å²) < 4.78 is 4.65. The Bertz CT molecular complexity index is 1480. The lowest BCUT2D eigenvalue weighted by molar-refractivity contribution is 0.439. The van der Waals surface area contributed by atoms with Crippen molar-refractivity contribution in [2.75, 3.05) is 0 Å². The molecule has 5 aromatic rings. The summed E-state index contributed by atoms with van der Waals surface area (Å²) in [5.41, 5.74) is 9.43. The Morgan fingerprint density at radius 1 is 0.524 bits per heavy atom. The van der Waals surface area contributed by atoms with Gasteiger partial charge in [-0.05, 0) is 99.9 Å². The van der Waals surface area contributed by atoms with Crippen LogP contribution in [0, 0.1) is 0 Å². The van der Waals surface area contributed by atoms with Crippen molar-refractivity contribution in [3.63, 3.8) is 0 Å². The van der Waals surface area contributed by atoms with Gasteiger partial charge in [0.2, 0.25) is 0 Å². The number of benzene rings is 3. The SMILES string of the molecule is CCCCCCc1ccc2c(c1)ncn2C(C)(C)c1ccc(C(C)(C)n2cnc3cc(CCCCCC)ccc32)cc1. The maximum absolute atomic E-state index is 4.82. The molecule has 4 heteroatoms. The van der Waals surface area contributed by atoms with Crippen LogP contribution in [0.1, 0.15) is 115 Å². The van der Waals surface area contributed by atoms with Gasteiger partial charge in [0.1, 0.15) is 0 Å². The van der Waals surface area contributed by atoms with Gasteiger partial charge in [0.25, 0.3) is 0 Å². The highest BCUT2D eigenvalue weighted by atomic mass is 15.1. The van der Waals surface area contributed by atoms with Crippen LogP contribution < -0.4 is 0 Å². The van der Waals surface area contributed by atoms with Gasteiger partial charge in [-0.15, -0.1) is 0 Å². The van der Waals surface area contributed by atoms with Crippen molar-refractivity contribution >= 4 is 22.1 Å². The zero-order chi connectivity index (χ0) is 29.7. The van der Waals surface area contributed by atoms with Crippen LogP contribution in [0.25, 0.3) is 22.1 Å². The molecule has 0 bridgehead atoms. The van der Waals surface area contributed by atoms with Crippen LogP contribution in [0.2, 0.25) is 0 Å². The lowest BCUT2D eigenvalue weighted by Crippen LogP contribution is -2.29. The minimum atomic E-state index is -0.227. The molecule has 2 heterocycles. The van der Waals surface area contributed by atoms with E-state index < -0.39 is 0 Å². The molecular formula is C38H50N4. The summed E-state index contributed by atoms with van der Waals surface area (Å²) in [4.78, 5) is 9.64. The molecule has 5 rings (SSSR count). The molecule has 0 unspecified atom stereocenters. The van der Waals surface area contributed by atoms with Gasteiger partial charge in [-0.1, -0.05) is 88.8 Å². The Labute approximate surface area is 253 Å². The van der Waals surface area contributed by atoms with E-state index in [1.165, 1.54) is 84.7 Å². The maximum Gasteiger partial charge on any atom is 0.0966 e. The smallest absolute Gasteiger partial charge is 0.0966 e. The Morgan fingerprint density at radius 2 is 0.929 bits per heavy atom. The highest BCUT2D eigenvalue weighted by Gasteiger charge is 2.28. The number of imidazole rings is 2. The largest absolute Gasteiger partial charge is 0.321 e. The number of fused-ring (bicyclic) bond motifs is 2. The Balaban J connectivity index is 1.34. The van der Waals surface area contributed by atoms with E-state index in [0.29, 0.717) is 0 Å². The molecule has 0 saturated heterocycles. The molecule has 0 atom stereocenters. The first-order valence-electron chi connectivity index (χ1n) is 16.3. The summed E-state index contributed by atoms with van der Waals surface area (Å²) in [6.45, 7) is 13.7. The van der Waals surface area contributed by atoms with E-state index in [9.17, 15) is 0 Å². The van der Waals surface area contributed by atoms with E-state index in [4.69, 9.17) is 9.97 Å². The fourth-order valence-corrected chi connectivity index (χ4v) is 6.39. The Morgan fingerprint density at radius 3 is 1.31 bits per heavy atom. The molecule has 3 aromatic carbocycles. The van der Waals surface area contributed by atoms with Crippen molar-refractivity contribution in [3.8, 4) is 0 Å². The minimum Gasteiger partial charge on any atom is -0.321 e. The molecule has 0 amide bonds. The third-order valence-corrected chi connectivity index (χ3v) is 9.36. The van der Waals surface area contributed by atoms with Gasteiger partial charge < -0.3 is 9.13 Å². The van der Waals surface area contributed by atoms with Crippen molar-refractivity contribution in [1.82, 2.24) is 19.1 Å². The average Bonchev–Trinajstić information content (AvgIpc) is 3.62.